The molecule has 0 saturated carbocycles. The van der Waals surface area contributed by atoms with Crippen molar-refractivity contribution in [2.45, 2.75) is 78.3 Å². The molecule has 0 bridgehead atoms. The van der Waals surface area contributed by atoms with E-state index in [1.165, 1.54) is 48.3 Å². The Labute approximate surface area is 208 Å². The molecule has 1 aromatic carbocycles. The molecule has 0 atom stereocenters. The van der Waals surface area contributed by atoms with E-state index in [0.29, 0.717) is 0 Å². The summed E-state index contributed by atoms with van der Waals surface area (Å²) in [6.07, 6.45) is 9.56. The number of unbranched alkanes of at least 4 members (excludes halogenated alkanes) is 6. The summed E-state index contributed by atoms with van der Waals surface area (Å²) in [5, 5.41) is 24.3. The largest absolute Gasteiger partial charge is 0.186 e. The maximum atomic E-state index is 5.02. The van der Waals surface area contributed by atoms with Crippen molar-refractivity contribution in [3.05, 3.63) is 35.0 Å². The molecule has 4 aromatic heterocycles. The first-order valence-corrected chi connectivity index (χ1v) is 14.3. The van der Waals surface area contributed by atoms with Gasteiger partial charge in [0.25, 0.3) is 0 Å². The Morgan fingerprint density at radius 1 is 0.794 bits per heavy atom. The van der Waals surface area contributed by atoms with E-state index in [4.69, 9.17) is 20.4 Å². The summed E-state index contributed by atoms with van der Waals surface area (Å²) >= 11 is 3.45. The predicted octanol–water partition coefficient (Wildman–Crippen LogP) is 6.84. The van der Waals surface area contributed by atoms with Gasteiger partial charge < -0.3 is 0 Å². The summed E-state index contributed by atoms with van der Waals surface area (Å²) in [6, 6.07) is 8.50. The van der Waals surface area contributed by atoms with Crippen LogP contribution in [0, 0.1) is 0 Å². The van der Waals surface area contributed by atoms with E-state index in [0.717, 1.165) is 59.1 Å². The van der Waals surface area contributed by atoms with E-state index in [-0.39, 0.29) is 0 Å². The second kappa shape index (κ2) is 10.8. The Balaban J connectivity index is 1.67. The van der Waals surface area contributed by atoms with Gasteiger partial charge in [-0.1, -0.05) is 58.1 Å². The molecule has 178 valence electrons. The van der Waals surface area contributed by atoms with Crippen LogP contribution in [0.25, 0.3) is 42.9 Å². The number of fused-ring (bicyclic) bond motifs is 2. The van der Waals surface area contributed by atoms with Crippen molar-refractivity contribution in [3.63, 3.8) is 0 Å². The molecule has 0 amide bonds. The minimum Gasteiger partial charge on any atom is -0.186 e. The van der Waals surface area contributed by atoms with Gasteiger partial charge in [-0.2, -0.15) is 30.0 Å². The van der Waals surface area contributed by atoms with Gasteiger partial charge in [-0.15, -0.1) is 22.7 Å². The van der Waals surface area contributed by atoms with Crippen molar-refractivity contribution < 1.29 is 4.80 Å². The number of benzene rings is 1. The average Bonchev–Trinajstić information content (AvgIpc) is 3.65. The van der Waals surface area contributed by atoms with Gasteiger partial charge in [0.1, 0.15) is 11.0 Å². The molecule has 0 saturated heterocycles. The molecule has 34 heavy (non-hydrogen) atoms. The maximum Gasteiger partial charge on any atom is 0.162 e. The van der Waals surface area contributed by atoms with Crippen LogP contribution in [-0.2, 0) is 13.1 Å². The molecule has 0 aliphatic carbocycles. The summed E-state index contributed by atoms with van der Waals surface area (Å²) in [7, 11) is 0. The van der Waals surface area contributed by atoms with Crippen LogP contribution in [-0.4, -0.2) is 20.1 Å². The molecular weight excluding hydrogens is 460 g/mol. The number of aromatic nitrogens is 6. The van der Waals surface area contributed by atoms with E-state index < -0.39 is 0 Å². The smallest absolute Gasteiger partial charge is 0.162 e. The standard InChI is InChI=1S/C26H32N6S2/c1-3-5-7-9-15-31-27-23-21(19-13-11-17-33-19)25-26(30-32(29-25)16-10-8-6-4-2)22(24(23)28-31)20-14-12-18-34-20/h11-14,17-18H,3-10,15-16H2,1-2H3. The quantitative estimate of drug-likeness (QED) is 0.141. The number of aryl methyl sites for hydroxylation is 2. The van der Waals surface area contributed by atoms with Gasteiger partial charge in [0.2, 0.25) is 0 Å². The molecule has 6 nitrogen and oxygen atoms in total. The van der Waals surface area contributed by atoms with Gasteiger partial charge in [-0.3, -0.25) is 0 Å². The lowest BCUT2D eigenvalue weighted by molar-refractivity contribution is -0.804. The average molecular weight is 493 g/mol. The minimum absolute atomic E-state index is 0.838. The van der Waals surface area contributed by atoms with Crippen LogP contribution >= 0.6 is 22.7 Å². The van der Waals surface area contributed by atoms with Gasteiger partial charge in [-0.25, -0.2) is 0 Å². The van der Waals surface area contributed by atoms with Crippen LogP contribution in [0.4, 0.5) is 0 Å². The third-order valence-electron chi connectivity index (χ3n) is 6.22. The fourth-order valence-corrected chi connectivity index (χ4v) is 6.01. The van der Waals surface area contributed by atoms with Crippen LogP contribution in [0.3, 0.4) is 0 Å². The SMILES string of the molecule is CCCCCCn1nc2c(-c3cccs3)c3n[n+](CCCCCC)[n-]c3c(-c3cccs3)c2n1. The number of rotatable bonds is 12. The minimum atomic E-state index is 0.838. The van der Waals surface area contributed by atoms with Gasteiger partial charge >= 0.3 is 0 Å². The molecule has 0 aliphatic heterocycles. The lowest BCUT2D eigenvalue weighted by Gasteiger charge is -2.07. The fraction of sp³-hybridized carbons (Fsp3) is 0.462. The highest BCUT2D eigenvalue weighted by Crippen LogP contribution is 2.42. The zero-order valence-corrected chi connectivity index (χ0v) is 21.7. The summed E-state index contributed by atoms with van der Waals surface area (Å²) in [5.74, 6) is 0. The van der Waals surface area contributed by atoms with Crippen LogP contribution in [0.15, 0.2) is 35.0 Å². The Kier molecular flexibility index (Phi) is 7.35. The first-order chi connectivity index (χ1) is 16.8. The lowest BCUT2D eigenvalue weighted by Crippen LogP contribution is -2.40. The molecular formula is C26H32N6S2. The van der Waals surface area contributed by atoms with E-state index >= 15 is 0 Å². The van der Waals surface area contributed by atoms with E-state index in [9.17, 15) is 0 Å². The molecule has 0 spiro atoms. The molecule has 0 N–H and O–H groups in total. The summed E-state index contributed by atoms with van der Waals surface area (Å²) in [6.45, 7) is 6.15. The number of thiophene rings is 2. The molecule has 0 unspecified atom stereocenters. The van der Waals surface area contributed by atoms with Crippen LogP contribution in [0.1, 0.15) is 65.2 Å². The Morgan fingerprint density at radius 3 is 2.09 bits per heavy atom. The van der Waals surface area contributed by atoms with Gasteiger partial charge in [-0.05, 0) is 35.7 Å². The summed E-state index contributed by atoms with van der Waals surface area (Å²) in [4.78, 5) is 6.13. The van der Waals surface area contributed by atoms with Gasteiger partial charge in [0, 0.05) is 38.3 Å². The fourth-order valence-electron chi connectivity index (χ4n) is 4.46. The molecule has 5 rings (SSSR count). The molecule has 8 heteroatoms. The Hall–Kier alpha value is -2.58. The Morgan fingerprint density at radius 2 is 1.44 bits per heavy atom. The highest BCUT2D eigenvalue weighted by atomic mass is 32.1. The normalized spacial score (nSPS) is 11.8. The number of nitrogens with zero attached hydrogens (tertiary/aromatic N) is 6. The molecule has 5 aromatic rings. The second-order valence-electron chi connectivity index (χ2n) is 8.81. The monoisotopic (exact) mass is 492 g/mol. The zero-order chi connectivity index (χ0) is 23.3. The van der Waals surface area contributed by atoms with Crippen molar-refractivity contribution >= 4 is 44.7 Å². The molecule has 0 fully saturated rings. The first-order valence-electron chi connectivity index (χ1n) is 12.5. The van der Waals surface area contributed by atoms with Gasteiger partial charge in [0.15, 0.2) is 6.54 Å². The third-order valence-corrected chi connectivity index (χ3v) is 7.99. The van der Waals surface area contributed by atoms with Crippen molar-refractivity contribution in [1.82, 2.24) is 25.2 Å². The van der Waals surface area contributed by atoms with E-state index in [2.05, 4.69) is 48.9 Å². The number of hydrogen-bond donors (Lipinski definition) is 0. The lowest BCUT2D eigenvalue weighted by atomic mass is 10.0. The van der Waals surface area contributed by atoms with Crippen molar-refractivity contribution in [2.75, 3.05) is 0 Å². The van der Waals surface area contributed by atoms with Crippen molar-refractivity contribution in [3.8, 4) is 20.9 Å². The third kappa shape index (κ3) is 4.66. The van der Waals surface area contributed by atoms with Crippen molar-refractivity contribution in [1.29, 1.82) is 0 Å². The maximum absolute atomic E-state index is 5.02. The van der Waals surface area contributed by atoms with Gasteiger partial charge in [0.05, 0.1) is 6.54 Å². The molecule has 0 aliphatic rings. The highest BCUT2D eigenvalue weighted by molar-refractivity contribution is 7.14. The summed E-state index contributed by atoms with van der Waals surface area (Å²) in [5.41, 5.74) is 5.89. The second-order valence-corrected chi connectivity index (χ2v) is 10.7. The molecule has 0 radical (unpaired) electrons. The van der Waals surface area contributed by atoms with Crippen molar-refractivity contribution in [2.24, 2.45) is 0 Å². The highest BCUT2D eigenvalue weighted by Gasteiger charge is 2.23. The van der Waals surface area contributed by atoms with Crippen LogP contribution < -0.4 is 9.90 Å². The van der Waals surface area contributed by atoms with E-state index in [1.54, 1.807) is 22.7 Å². The zero-order valence-electron chi connectivity index (χ0n) is 20.0. The predicted molar refractivity (Wildman–Crippen MR) is 141 cm³/mol. The molecule has 4 heterocycles. The van der Waals surface area contributed by atoms with Crippen LogP contribution in [0.5, 0.6) is 0 Å². The summed E-state index contributed by atoms with van der Waals surface area (Å²) < 4.78 is 0. The van der Waals surface area contributed by atoms with E-state index in [1.807, 2.05) is 9.59 Å². The Bertz CT molecular complexity index is 1170. The topological polar surface area (TPSA) is 61.6 Å². The van der Waals surface area contributed by atoms with Crippen LogP contribution in [0.2, 0.25) is 0 Å². The first kappa shape index (κ1) is 23.2. The number of hydrogen-bond acceptors (Lipinski definition) is 5.